The number of rotatable bonds is 4. The highest BCUT2D eigenvalue weighted by molar-refractivity contribution is 5.94. The molecule has 1 N–H and O–H groups in total. The average Bonchev–Trinajstić information content (AvgIpc) is 3.12. The summed E-state index contributed by atoms with van der Waals surface area (Å²) in [4.78, 5) is 26.7. The molecule has 1 saturated heterocycles. The summed E-state index contributed by atoms with van der Waals surface area (Å²) in [6.07, 6.45) is 1.74. The molecule has 0 radical (unpaired) electrons. The third kappa shape index (κ3) is 3.84. The lowest BCUT2D eigenvalue weighted by Gasteiger charge is -2.32. The Balaban J connectivity index is 1.31. The van der Waals surface area contributed by atoms with Gasteiger partial charge in [0, 0.05) is 30.1 Å². The minimum absolute atomic E-state index is 0.0434. The summed E-state index contributed by atoms with van der Waals surface area (Å²) in [7, 11) is 0. The van der Waals surface area contributed by atoms with Gasteiger partial charge in [-0.15, -0.1) is 0 Å². The summed E-state index contributed by atoms with van der Waals surface area (Å²) in [5, 5.41) is 7.98. The molecule has 0 unspecified atom stereocenters. The Hall–Kier alpha value is -3.15. The monoisotopic (exact) mass is 363 g/mol. The number of hydrogen-bond donors (Lipinski definition) is 1. The van der Waals surface area contributed by atoms with E-state index in [4.69, 9.17) is 4.52 Å². The molecule has 2 aromatic carbocycles. The fourth-order valence-electron chi connectivity index (χ4n) is 3.45. The van der Waals surface area contributed by atoms with E-state index < -0.39 is 0 Å². The first-order valence-electron chi connectivity index (χ1n) is 9.17. The van der Waals surface area contributed by atoms with Crippen LogP contribution in [0.4, 0.5) is 0 Å². The van der Waals surface area contributed by atoms with Gasteiger partial charge in [-0.3, -0.25) is 9.59 Å². The maximum absolute atomic E-state index is 12.6. The lowest BCUT2D eigenvalue weighted by molar-refractivity contribution is -0.131. The molecular formula is C21H21N3O3. The number of hydrogen-bond acceptors (Lipinski definition) is 4. The molecule has 1 aliphatic heterocycles. The normalized spacial score (nSPS) is 15.0. The largest absolute Gasteiger partial charge is 0.356 e. The zero-order valence-corrected chi connectivity index (χ0v) is 14.9. The molecule has 6 nitrogen and oxygen atoms in total. The van der Waals surface area contributed by atoms with Crippen LogP contribution in [0.2, 0.25) is 0 Å². The maximum atomic E-state index is 12.6. The molecule has 0 aliphatic carbocycles. The van der Waals surface area contributed by atoms with E-state index in [9.17, 15) is 9.59 Å². The van der Waals surface area contributed by atoms with Gasteiger partial charge in [0.15, 0.2) is 5.58 Å². The summed E-state index contributed by atoms with van der Waals surface area (Å²) in [5.41, 5.74) is 2.03. The quantitative estimate of drug-likeness (QED) is 0.773. The summed E-state index contributed by atoms with van der Waals surface area (Å²) < 4.78 is 5.27. The van der Waals surface area contributed by atoms with Crippen molar-refractivity contribution >= 4 is 22.8 Å². The summed E-state index contributed by atoms with van der Waals surface area (Å²) in [6, 6.07) is 16.8. The number of para-hydroxylation sites is 1. The van der Waals surface area contributed by atoms with Crippen LogP contribution in [0.5, 0.6) is 0 Å². The van der Waals surface area contributed by atoms with Crippen LogP contribution in [-0.2, 0) is 11.2 Å². The number of benzene rings is 2. The van der Waals surface area contributed by atoms with Crippen molar-refractivity contribution < 1.29 is 14.1 Å². The van der Waals surface area contributed by atoms with Crippen LogP contribution in [0.1, 0.15) is 28.9 Å². The third-order valence-corrected chi connectivity index (χ3v) is 4.99. The van der Waals surface area contributed by atoms with Crippen LogP contribution < -0.4 is 5.32 Å². The Bertz CT molecular complexity index is 943. The molecule has 4 rings (SSSR count). The van der Waals surface area contributed by atoms with Crippen molar-refractivity contribution in [3.63, 3.8) is 0 Å². The highest BCUT2D eigenvalue weighted by Gasteiger charge is 2.25. The van der Waals surface area contributed by atoms with Gasteiger partial charge in [-0.1, -0.05) is 35.5 Å². The van der Waals surface area contributed by atoms with E-state index >= 15 is 0 Å². The van der Waals surface area contributed by atoms with E-state index in [0.717, 1.165) is 18.2 Å². The zero-order valence-electron chi connectivity index (χ0n) is 14.9. The first-order chi connectivity index (χ1) is 13.2. The van der Waals surface area contributed by atoms with Crippen molar-refractivity contribution in [3.05, 3.63) is 65.9 Å². The second-order valence-electron chi connectivity index (χ2n) is 6.80. The van der Waals surface area contributed by atoms with Gasteiger partial charge in [0.05, 0.1) is 6.42 Å². The summed E-state index contributed by atoms with van der Waals surface area (Å²) in [6.45, 7) is 1.27. The molecule has 1 aromatic heterocycles. The minimum atomic E-state index is -0.0607. The predicted octanol–water partition coefficient (Wildman–Crippen LogP) is 2.79. The van der Waals surface area contributed by atoms with Gasteiger partial charge in [0.25, 0.3) is 5.91 Å². The molecule has 0 bridgehead atoms. The van der Waals surface area contributed by atoms with Gasteiger partial charge in [-0.25, -0.2) is 0 Å². The number of fused-ring (bicyclic) bond motifs is 1. The Labute approximate surface area is 157 Å². The zero-order chi connectivity index (χ0) is 18.6. The number of carbonyl (C=O) groups excluding carboxylic acids is 2. The highest BCUT2D eigenvalue weighted by Crippen LogP contribution is 2.20. The van der Waals surface area contributed by atoms with E-state index in [2.05, 4.69) is 10.5 Å². The SMILES string of the molecule is O=C(NC1CCN(C(=O)Cc2noc3ccccc23)CC1)c1ccccc1. The lowest BCUT2D eigenvalue weighted by Crippen LogP contribution is -2.47. The van der Waals surface area contributed by atoms with Crippen molar-refractivity contribution in [2.24, 2.45) is 0 Å². The molecule has 1 aliphatic rings. The second-order valence-corrected chi connectivity index (χ2v) is 6.80. The van der Waals surface area contributed by atoms with Gasteiger partial charge in [0.1, 0.15) is 5.69 Å². The van der Waals surface area contributed by atoms with E-state index in [0.29, 0.717) is 29.9 Å². The van der Waals surface area contributed by atoms with Crippen LogP contribution >= 0.6 is 0 Å². The first kappa shape index (κ1) is 17.3. The minimum Gasteiger partial charge on any atom is -0.356 e. The number of likely N-dealkylation sites (tertiary alicyclic amines) is 1. The molecule has 0 atom stereocenters. The van der Waals surface area contributed by atoms with E-state index in [1.165, 1.54) is 0 Å². The molecule has 6 heteroatoms. The van der Waals surface area contributed by atoms with E-state index in [1.54, 1.807) is 12.1 Å². The summed E-state index contributed by atoms with van der Waals surface area (Å²) >= 11 is 0. The van der Waals surface area contributed by atoms with Crippen LogP contribution in [0.15, 0.2) is 59.1 Å². The molecule has 27 heavy (non-hydrogen) atoms. The molecular weight excluding hydrogens is 342 g/mol. The third-order valence-electron chi connectivity index (χ3n) is 4.99. The molecule has 138 valence electrons. The van der Waals surface area contributed by atoms with Crippen molar-refractivity contribution in [3.8, 4) is 0 Å². The maximum Gasteiger partial charge on any atom is 0.251 e. The van der Waals surface area contributed by atoms with Gasteiger partial charge in [-0.2, -0.15) is 0 Å². The summed E-state index contributed by atoms with van der Waals surface area (Å²) in [5.74, 6) is -0.0173. The number of nitrogens with one attached hydrogen (secondary N) is 1. The topological polar surface area (TPSA) is 75.4 Å². The van der Waals surface area contributed by atoms with Gasteiger partial charge < -0.3 is 14.7 Å². The fourth-order valence-corrected chi connectivity index (χ4v) is 3.45. The van der Waals surface area contributed by atoms with Crippen molar-refractivity contribution in [1.29, 1.82) is 0 Å². The molecule has 2 amide bonds. The van der Waals surface area contributed by atoms with Crippen molar-refractivity contribution in [2.75, 3.05) is 13.1 Å². The molecule has 2 heterocycles. The fraction of sp³-hybridized carbons (Fsp3) is 0.286. The Morgan fingerprint density at radius 2 is 1.74 bits per heavy atom. The predicted molar refractivity (Wildman–Crippen MR) is 101 cm³/mol. The lowest BCUT2D eigenvalue weighted by atomic mass is 10.0. The average molecular weight is 363 g/mol. The van der Waals surface area contributed by atoms with Gasteiger partial charge in [0.2, 0.25) is 5.91 Å². The Morgan fingerprint density at radius 1 is 1.04 bits per heavy atom. The van der Waals surface area contributed by atoms with Crippen LogP contribution in [0, 0.1) is 0 Å². The number of carbonyl (C=O) groups is 2. The molecule has 1 fully saturated rings. The second kappa shape index (κ2) is 7.61. The molecule has 0 spiro atoms. The van der Waals surface area contributed by atoms with Gasteiger partial charge >= 0.3 is 0 Å². The number of aromatic nitrogens is 1. The van der Waals surface area contributed by atoms with Gasteiger partial charge in [-0.05, 0) is 37.1 Å². The number of piperidine rings is 1. The van der Waals surface area contributed by atoms with Crippen LogP contribution in [0.3, 0.4) is 0 Å². The smallest absolute Gasteiger partial charge is 0.251 e. The molecule has 3 aromatic rings. The number of amides is 2. The Kier molecular flexibility index (Phi) is 4.87. The van der Waals surface area contributed by atoms with E-state index in [-0.39, 0.29) is 24.3 Å². The van der Waals surface area contributed by atoms with Crippen LogP contribution in [-0.4, -0.2) is 41.0 Å². The highest BCUT2D eigenvalue weighted by atomic mass is 16.5. The van der Waals surface area contributed by atoms with Crippen LogP contribution in [0.25, 0.3) is 11.0 Å². The van der Waals surface area contributed by atoms with Crippen molar-refractivity contribution in [1.82, 2.24) is 15.4 Å². The Morgan fingerprint density at radius 3 is 2.52 bits per heavy atom. The van der Waals surface area contributed by atoms with Crippen molar-refractivity contribution in [2.45, 2.75) is 25.3 Å². The standard InChI is InChI=1S/C21H21N3O3/c25-20(14-18-17-8-4-5-9-19(17)27-23-18)24-12-10-16(11-13-24)22-21(26)15-6-2-1-3-7-15/h1-9,16H,10-14H2,(H,22,26). The molecule has 0 saturated carbocycles. The number of nitrogens with zero attached hydrogens (tertiary/aromatic N) is 2. The first-order valence-corrected chi connectivity index (χ1v) is 9.17. The van der Waals surface area contributed by atoms with E-state index in [1.807, 2.05) is 47.4 Å².